The lowest BCUT2D eigenvalue weighted by Crippen LogP contribution is -2.47. The Balaban J connectivity index is 2.25. The second-order valence-corrected chi connectivity index (χ2v) is 8.32. The van der Waals surface area contributed by atoms with Crippen LogP contribution in [0.4, 0.5) is 5.69 Å². The minimum absolute atomic E-state index is 0.0277. The molecule has 0 radical (unpaired) electrons. The predicted octanol–water partition coefficient (Wildman–Crippen LogP) is 1.66. The van der Waals surface area contributed by atoms with Crippen LogP contribution in [0.2, 0.25) is 0 Å². The first kappa shape index (κ1) is 15.9. The lowest BCUT2D eigenvalue weighted by Gasteiger charge is -2.24. The van der Waals surface area contributed by atoms with Crippen molar-refractivity contribution >= 4 is 37.4 Å². The molecule has 2 rings (SSSR count). The van der Waals surface area contributed by atoms with Crippen LogP contribution >= 0.6 is 15.9 Å². The molecule has 0 saturated carbocycles. The average Bonchev–Trinajstić information content (AvgIpc) is 2.63. The third kappa shape index (κ3) is 3.59. The molecule has 114 valence electrons. The van der Waals surface area contributed by atoms with E-state index in [9.17, 15) is 23.3 Å². The van der Waals surface area contributed by atoms with Crippen LogP contribution in [-0.2, 0) is 9.84 Å². The molecule has 1 aromatic carbocycles. The van der Waals surface area contributed by atoms with Crippen molar-refractivity contribution in [3.05, 3.63) is 38.3 Å². The summed E-state index contributed by atoms with van der Waals surface area (Å²) < 4.78 is 23.5. The lowest BCUT2D eigenvalue weighted by atomic mass is 10.0. The van der Waals surface area contributed by atoms with Gasteiger partial charge in [-0.15, -0.1) is 0 Å². The number of sulfone groups is 1. The maximum absolute atomic E-state index is 12.3. The zero-order valence-corrected chi connectivity index (χ0v) is 13.5. The van der Waals surface area contributed by atoms with Gasteiger partial charge in [-0.05, 0) is 35.3 Å². The molecule has 1 aliphatic rings. The molecule has 1 aromatic rings. The summed E-state index contributed by atoms with van der Waals surface area (Å²) in [5, 5.41) is 13.4. The second kappa shape index (κ2) is 5.38. The van der Waals surface area contributed by atoms with Crippen LogP contribution in [0.3, 0.4) is 0 Å². The van der Waals surface area contributed by atoms with Crippen molar-refractivity contribution in [2.75, 3.05) is 11.5 Å². The number of amides is 1. The Labute approximate surface area is 129 Å². The van der Waals surface area contributed by atoms with E-state index < -0.39 is 26.2 Å². The molecule has 1 saturated heterocycles. The second-order valence-electron chi connectivity index (χ2n) is 5.28. The standard InChI is InChI=1S/C12H13BrN2O5S/c1-12(4-5-21(19,20)7-12)14-11(16)9-6-8(15(17)18)2-3-10(9)13/h2-3,6H,4-5,7H2,1H3,(H,14,16). The minimum Gasteiger partial charge on any atom is -0.346 e. The van der Waals surface area contributed by atoms with Gasteiger partial charge in [0, 0.05) is 16.6 Å². The Morgan fingerprint density at radius 3 is 2.67 bits per heavy atom. The number of rotatable bonds is 3. The fourth-order valence-corrected chi connectivity index (χ4v) is 4.77. The molecule has 7 nitrogen and oxygen atoms in total. The summed E-state index contributed by atoms with van der Waals surface area (Å²) in [6.07, 6.45) is 0.327. The maximum Gasteiger partial charge on any atom is 0.270 e. The van der Waals surface area contributed by atoms with Crippen molar-refractivity contribution in [3.8, 4) is 0 Å². The molecule has 1 heterocycles. The molecule has 1 amide bonds. The van der Waals surface area contributed by atoms with E-state index in [4.69, 9.17) is 0 Å². The molecule has 0 aromatic heterocycles. The number of halogens is 1. The molecule has 1 N–H and O–H groups in total. The van der Waals surface area contributed by atoms with E-state index in [2.05, 4.69) is 21.2 Å². The molecule has 1 aliphatic heterocycles. The summed E-state index contributed by atoms with van der Waals surface area (Å²) in [5.41, 5.74) is -0.942. The highest BCUT2D eigenvalue weighted by atomic mass is 79.9. The van der Waals surface area contributed by atoms with Gasteiger partial charge in [-0.3, -0.25) is 14.9 Å². The van der Waals surface area contributed by atoms with Crippen LogP contribution in [0.15, 0.2) is 22.7 Å². The van der Waals surface area contributed by atoms with Crippen LogP contribution < -0.4 is 5.32 Å². The monoisotopic (exact) mass is 376 g/mol. The quantitative estimate of drug-likeness (QED) is 0.637. The van der Waals surface area contributed by atoms with Crippen molar-refractivity contribution in [1.29, 1.82) is 0 Å². The Hall–Kier alpha value is -1.48. The largest absolute Gasteiger partial charge is 0.346 e. The highest BCUT2D eigenvalue weighted by Gasteiger charge is 2.39. The zero-order chi connectivity index (χ0) is 15.8. The lowest BCUT2D eigenvalue weighted by molar-refractivity contribution is -0.384. The Kier molecular flexibility index (Phi) is 4.07. The van der Waals surface area contributed by atoms with Crippen molar-refractivity contribution in [3.63, 3.8) is 0 Å². The predicted molar refractivity (Wildman–Crippen MR) is 79.9 cm³/mol. The van der Waals surface area contributed by atoms with Crippen molar-refractivity contribution in [1.82, 2.24) is 5.32 Å². The van der Waals surface area contributed by atoms with E-state index in [-0.39, 0.29) is 22.8 Å². The van der Waals surface area contributed by atoms with E-state index >= 15 is 0 Å². The van der Waals surface area contributed by atoms with E-state index in [0.29, 0.717) is 10.9 Å². The van der Waals surface area contributed by atoms with Gasteiger partial charge in [-0.2, -0.15) is 0 Å². The highest BCUT2D eigenvalue weighted by molar-refractivity contribution is 9.10. The van der Waals surface area contributed by atoms with Gasteiger partial charge in [0.2, 0.25) is 0 Å². The molecule has 1 atom stereocenters. The minimum atomic E-state index is -3.15. The zero-order valence-electron chi connectivity index (χ0n) is 11.1. The summed E-state index contributed by atoms with van der Waals surface area (Å²) in [6.45, 7) is 1.65. The number of carbonyl (C=O) groups is 1. The average molecular weight is 377 g/mol. The van der Waals surface area contributed by atoms with E-state index in [0.717, 1.165) is 6.07 Å². The van der Waals surface area contributed by atoms with Crippen molar-refractivity contribution in [2.24, 2.45) is 0 Å². The molecule has 9 heteroatoms. The SMILES string of the molecule is CC1(NC(=O)c2cc([N+](=O)[O-])ccc2Br)CCS(=O)(=O)C1. The van der Waals surface area contributed by atoms with Crippen LogP contribution in [-0.4, -0.2) is 36.3 Å². The fraction of sp³-hybridized carbons (Fsp3) is 0.417. The van der Waals surface area contributed by atoms with Crippen molar-refractivity contribution < 1.29 is 18.1 Å². The number of non-ortho nitro benzene ring substituents is 1. The number of nitrogens with one attached hydrogen (secondary N) is 1. The maximum atomic E-state index is 12.3. The summed E-state index contributed by atoms with van der Waals surface area (Å²) >= 11 is 3.17. The van der Waals surface area contributed by atoms with Gasteiger partial charge in [0.05, 0.1) is 27.5 Å². The summed E-state index contributed by atoms with van der Waals surface area (Å²) in [5.74, 6) is -0.636. The van der Waals surface area contributed by atoms with Gasteiger partial charge >= 0.3 is 0 Å². The molecule has 0 bridgehead atoms. The Bertz CT molecular complexity index is 718. The van der Waals surface area contributed by atoms with Crippen molar-refractivity contribution in [2.45, 2.75) is 18.9 Å². The number of hydrogen-bond donors (Lipinski definition) is 1. The first-order chi connectivity index (χ1) is 9.62. The molecular weight excluding hydrogens is 364 g/mol. The first-order valence-corrected chi connectivity index (χ1v) is 8.70. The molecule has 1 unspecified atom stereocenters. The molecule has 0 spiro atoms. The summed E-state index contributed by atoms with van der Waals surface area (Å²) in [4.78, 5) is 22.4. The number of hydrogen-bond acceptors (Lipinski definition) is 5. The number of nitro benzene ring substituents is 1. The van der Waals surface area contributed by atoms with Gasteiger partial charge in [-0.1, -0.05) is 0 Å². The molecule has 0 aliphatic carbocycles. The van der Waals surface area contributed by atoms with E-state index in [1.807, 2.05) is 0 Å². The van der Waals surface area contributed by atoms with Crippen LogP contribution in [0.25, 0.3) is 0 Å². The van der Waals surface area contributed by atoms with Gasteiger partial charge in [0.1, 0.15) is 0 Å². The number of nitro groups is 1. The third-order valence-corrected chi connectivity index (χ3v) is 5.92. The van der Waals surface area contributed by atoms with Gasteiger partial charge in [-0.25, -0.2) is 8.42 Å². The topological polar surface area (TPSA) is 106 Å². The fourth-order valence-electron chi connectivity index (χ4n) is 2.25. The Morgan fingerprint density at radius 1 is 1.48 bits per heavy atom. The summed E-state index contributed by atoms with van der Waals surface area (Å²) in [7, 11) is -3.15. The highest BCUT2D eigenvalue weighted by Crippen LogP contribution is 2.26. The number of nitrogens with zero attached hydrogens (tertiary/aromatic N) is 1. The van der Waals surface area contributed by atoms with Gasteiger partial charge < -0.3 is 5.32 Å². The van der Waals surface area contributed by atoms with Gasteiger partial charge in [0.25, 0.3) is 11.6 Å². The third-order valence-electron chi connectivity index (χ3n) is 3.32. The normalized spacial score (nSPS) is 23.7. The number of carbonyl (C=O) groups excluding carboxylic acids is 1. The molecular formula is C12H13BrN2O5S. The summed E-state index contributed by atoms with van der Waals surface area (Å²) in [6, 6.07) is 3.86. The van der Waals surface area contributed by atoms with Crippen LogP contribution in [0.1, 0.15) is 23.7 Å². The number of benzene rings is 1. The Morgan fingerprint density at radius 2 is 2.14 bits per heavy atom. The van der Waals surface area contributed by atoms with Gasteiger partial charge in [0.15, 0.2) is 9.84 Å². The van der Waals surface area contributed by atoms with E-state index in [1.165, 1.54) is 12.1 Å². The van der Waals surface area contributed by atoms with Crippen LogP contribution in [0, 0.1) is 10.1 Å². The molecule has 1 fully saturated rings. The molecule has 21 heavy (non-hydrogen) atoms. The van der Waals surface area contributed by atoms with E-state index in [1.54, 1.807) is 6.92 Å². The van der Waals surface area contributed by atoms with Crippen LogP contribution in [0.5, 0.6) is 0 Å². The smallest absolute Gasteiger partial charge is 0.270 e. The first-order valence-electron chi connectivity index (χ1n) is 6.09.